The van der Waals surface area contributed by atoms with Gasteiger partial charge in [0, 0.05) is 26.2 Å². The molecule has 8 nitrogen and oxygen atoms in total. The summed E-state index contributed by atoms with van der Waals surface area (Å²) in [7, 11) is 0. The van der Waals surface area contributed by atoms with Crippen LogP contribution in [0.1, 0.15) is 11.4 Å². The molecule has 1 aliphatic heterocycles. The Balaban J connectivity index is 1.29. The van der Waals surface area contributed by atoms with Crippen LogP contribution < -0.4 is 4.74 Å². The number of ether oxygens (including phenoxy) is 1. The molecule has 0 saturated carbocycles. The van der Waals surface area contributed by atoms with Crippen molar-refractivity contribution in [3.63, 3.8) is 0 Å². The summed E-state index contributed by atoms with van der Waals surface area (Å²) in [6.45, 7) is 5.21. The monoisotopic (exact) mass is 410 g/mol. The van der Waals surface area contributed by atoms with Crippen LogP contribution >= 0.6 is 0 Å². The summed E-state index contributed by atoms with van der Waals surface area (Å²) in [6.07, 6.45) is 0. The maximum atomic E-state index is 13.2. The highest BCUT2D eigenvalue weighted by atomic mass is 19.1. The van der Waals surface area contributed by atoms with E-state index < -0.39 is 0 Å². The van der Waals surface area contributed by atoms with Gasteiger partial charge in [0.15, 0.2) is 12.4 Å². The van der Waals surface area contributed by atoms with Crippen molar-refractivity contribution in [2.24, 2.45) is 0 Å². The summed E-state index contributed by atoms with van der Waals surface area (Å²) in [4.78, 5) is 16.5. The van der Waals surface area contributed by atoms with Crippen molar-refractivity contribution in [1.82, 2.24) is 30.0 Å². The SMILES string of the molecule is Cc1ccccc1OCC(=O)N1CCN(Cc2nnnn2-c2ccc(F)cc2)CC1. The van der Waals surface area contributed by atoms with Gasteiger partial charge in [-0.15, -0.1) is 5.10 Å². The predicted octanol–water partition coefficient (Wildman–Crippen LogP) is 1.83. The van der Waals surface area contributed by atoms with E-state index in [1.54, 1.807) is 16.8 Å². The number of nitrogens with zero attached hydrogens (tertiary/aromatic N) is 6. The second kappa shape index (κ2) is 9.00. The maximum Gasteiger partial charge on any atom is 0.260 e. The summed E-state index contributed by atoms with van der Waals surface area (Å²) in [5.74, 6) is 1.08. The fraction of sp³-hybridized carbons (Fsp3) is 0.333. The number of benzene rings is 2. The van der Waals surface area contributed by atoms with Gasteiger partial charge in [-0.2, -0.15) is 4.68 Å². The molecule has 0 unspecified atom stereocenters. The third-order valence-electron chi connectivity index (χ3n) is 5.14. The van der Waals surface area contributed by atoms with Gasteiger partial charge >= 0.3 is 0 Å². The van der Waals surface area contributed by atoms with Gasteiger partial charge < -0.3 is 9.64 Å². The number of tetrazole rings is 1. The number of amides is 1. The quantitative estimate of drug-likeness (QED) is 0.617. The number of aryl methyl sites for hydroxylation is 1. The zero-order valence-electron chi connectivity index (χ0n) is 16.7. The average molecular weight is 410 g/mol. The highest BCUT2D eigenvalue weighted by Gasteiger charge is 2.23. The van der Waals surface area contributed by atoms with Crippen molar-refractivity contribution >= 4 is 5.91 Å². The first-order valence-electron chi connectivity index (χ1n) is 9.82. The second-order valence-corrected chi connectivity index (χ2v) is 7.19. The first-order chi connectivity index (χ1) is 14.6. The van der Waals surface area contributed by atoms with E-state index in [4.69, 9.17) is 4.74 Å². The molecule has 1 fully saturated rings. The standard InChI is InChI=1S/C21H23FN6O2/c1-16-4-2-3-5-19(16)30-15-21(29)27-12-10-26(11-13-27)14-20-23-24-25-28(20)18-8-6-17(22)7-9-18/h2-9H,10-15H2,1H3. The lowest BCUT2D eigenvalue weighted by Gasteiger charge is -2.34. The van der Waals surface area contributed by atoms with Gasteiger partial charge in [0.2, 0.25) is 0 Å². The first-order valence-corrected chi connectivity index (χ1v) is 9.82. The molecule has 0 spiro atoms. The van der Waals surface area contributed by atoms with E-state index in [0.29, 0.717) is 44.2 Å². The van der Waals surface area contributed by atoms with E-state index in [2.05, 4.69) is 20.4 Å². The van der Waals surface area contributed by atoms with Crippen LogP contribution in [0.25, 0.3) is 5.69 Å². The van der Waals surface area contributed by atoms with Gasteiger partial charge in [0.25, 0.3) is 5.91 Å². The third-order valence-corrected chi connectivity index (χ3v) is 5.14. The van der Waals surface area contributed by atoms with Crippen LogP contribution in [0.5, 0.6) is 5.75 Å². The molecule has 0 aliphatic carbocycles. The lowest BCUT2D eigenvalue weighted by molar-refractivity contribution is -0.135. The number of hydrogen-bond acceptors (Lipinski definition) is 6. The number of carbonyl (C=O) groups is 1. The van der Waals surface area contributed by atoms with Crippen molar-refractivity contribution in [2.75, 3.05) is 32.8 Å². The second-order valence-electron chi connectivity index (χ2n) is 7.19. The molecule has 156 valence electrons. The van der Waals surface area contributed by atoms with Gasteiger partial charge in [0.1, 0.15) is 11.6 Å². The van der Waals surface area contributed by atoms with E-state index in [1.807, 2.05) is 36.1 Å². The van der Waals surface area contributed by atoms with E-state index in [0.717, 1.165) is 11.3 Å². The zero-order chi connectivity index (χ0) is 20.9. The number of halogens is 1. The molecule has 1 aromatic heterocycles. The molecule has 1 saturated heterocycles. The lowest BCUT2D eigenvalue weighted by Crippen LogP contribution is -2.49. The molecule has 0 atom stereocenters. The van der Waals surface area contributed by atoms with Crippen LogP contribution in [0.3, 0.4) is 0 Å². The first kappa shape index (κ1) is 20.0. The molecular weight excluding hydrogens is 387 g/mol. The van der Waals surface area contributed by atoms with E-state index in [1.165, 1.54) is 12.1 Å². The van der Waals surface area contributed by atoms with Gasteiger partial charge in [0.05, 0.1) is 12.2 Å². The van der Waals surface area contributed by atoms with Crippen LogP contribution in [0.2, 0.25) is 0 Å². The summed E-state index contributed by atoms with van der Waals surface area (Å²) in [5, 5.41) is 11.9. The Morgan fingerprint density at radius 2 is 1.80 bits per heavy atom. The van der Waals surface area contributed by atoms with Crippen LogP contribution in [-0.2, 0) is 11.3 Å². The predicted molar refractivity (Wildman–Crippen MR) is 108 cm³/mol. The third kappa shape index (κ3) is 4.62. The van der Waals surface area contributed by atoms with Crippen LogP contribution in [0.4, 0.5) is 4.39 Å². The smallest absolute Gasteiger partial charge is 0.260 e. The van der Waals surface area contributed by atoms with Gasteiger partial charge in [-0.1, -0.05) is 18.2 Å². The number of aromatic nitrogens is 4. The fourth-order valence-corrected chi connectivity index (χ4v) is 3.39. The minimum atomic E-state index is -0.305. The lowest BCUT2D eigenvalue weighted by atomic mass is 10.2. The molecular formula is C21H23FN6O2. The number of carbonyl (C=O) groups excluding carboxylic acids is 1. The molecule has 0 radical (unpaired) electrons. The van der Waals surface area contributed by atoms with Crippen molar-refractivity contribution in [1.29, 1.82) is 0 Å². The molecule has 1 aliphatic rings. The van der Waals surface area contributed by atoms with Gasteiger partial charge in [-0.25, -0.2) is 4.39 Å². The minimum absolute atomic E-state index is 0.0194. The van der Waals surface area contributed by atoms with Crippen LogP contribution in [-0.4, -0.2) is 68.7 Å². The highest BCUT2D eigenvalue weighted by Crippen LogP contribution is 2.16. The highest BCUT2D eigenvalue weighted by molar-refractivity contribution is 5.78. The molecule has 30 heavy (non-hydrogen) atoms. The summed E-state index contributed by atoms with van der Waals surface area (Å²) >= 11 is 0. The van der Waals surface area contributed by atoms with Crippen molar-refractivity contribution in [2.45, 2.75) is 13.5 Å². The van der Waals surface area contributed by atoms with Gasteiger partial charge in [-0.3, -0.25) is 9.69 Å². The van der Waals surface area contributed by atoms with Crippen LogP contribution in [0.15, 0.2) is 48.5 Å². The molecule has 3 aromatic rings. The number of piperazine rings is 1. The van der Waals surface area contributed by atoms with Crippen LogP contribution in [0, 0.1) is 12.7 Å². The Kier molecular flexibility index (Phi) is 5.99. The summed E-state index contributed by atoms with van der Waals surface area (Å²) in [6, 6.07) is 13.7. The topological polar surface area (TPSA) is 76.4 Å². The zero-order valence-corrected chi connectivity index (χ0v) is 16.7. The van der Waals surface area contributed by atoms with Crippen molar-refractivity contribution in [3.05, 3.63) is 65.7 Å². The molecule has 2 heterocycles. The summed E-state index contributed by atoms with van der Waals surface area (Å²) in [5.41, 5.74) is 1.72. The molecule has 1 amide bonds. The Morgan fingerprint density at radius 1 is 1.07 bits per heavy atom. The molecule has 2 aromatic carbocycles. The Bertz CT molecular complexity index is 999. The van der Waals surface area contributed by atoms with E-state index in [9.17, 15) is 9.18 Å². The van der Waals surface area contributed by atoms with Crippen molar-refractivity contribution < 1.29 is 13.9 Å². The van der Waals surface area contributed by atoms with E-state index >= 15 is 0 Å². The minimum Gasteiger partial charge on any atom is -0.484 e. The van der Waals surface area contributed by atoms with E-state index in [-0.39, 0.29) is 18.3 Å². The average Bonchev–Trinajstić information content (AvgIpc) is 3.22. The number of rotatable bonds is 6. The molecule has 4 rings (SSSR count). The largest absolute Gasteiger partial charge is 0.484 e. The fourth-order valence-electron chi connectivity index (χ4n) is 3.39. The molecule has 9 heteroatoms. The molecule has 0 bridgehead atoms. The maximum absolute atomic E-state index is 13.2. The normalized spacial score (nSPS) is 14.7. The number of para-hydroxylation sites is 1. The van der Waals surface area contributed by atoms with Gasteiger partial charge in [-0.05, 0) is 53.2 Å². The molecule has 0 N–H and O–H groups in total. The Hall–Kier alpha value is -3.33. The number of hydrogen-bond donors (Lipinski definition) is 0. The Morgan fingerprint density at radius 3 is 2.53 bits per heavy atom. The van der Waals surface area contributed by atoms with Crippen molar-refractivity contribution in [3.8, 4) is 11.4 Å². The summed E-state index contributed by atoms with van der Waals surface area (Å²) < 4.78 is 20.4. The Labute approximate surface area is 173 Å².